The highest BCUT2D eigenvalue weighted by molar-refractivity contribution is 7.11. The molecule has 0 aliphatic heterocycles. The molecular weight excluding hydrogens is 296 g/mol. The predicted molar refractivity (Wildman–Crippen MR) is 88.2 cm³/mol. The standard InChI is InChI=1S/C17H20N2O2S/c1-12-6-8-15(22-12)11-19(14-4-2-3-5-14)17(21)13-7-9-16(20)18-10-13/h6-10,14H,2-5,11H2,1H3,(H,18,20). The van der Waals surface area contributed by atoms with Crippen LogP contribution in [-0.4, -0.2) is 21.8 Å². The second-order valence-corrected chi connectivity index (χ2v) is 7.20. The number of H-pyrrole nitrogens is 1. The van der Waals surface area contributed by atoms with Gasteiger partial charge in [0, 0.05) is 28.1 Å². The van der Waals surface area contributed by atoms with Crippen LogP contribution >= 0.6 is 11.3 Å². The van der Waals surface area contributed by atoms with Crippen molar-refractivity contribution in [1.29, 1.82) is 0 Å². The van der Waals surface area contributed by atoms with Gasteiger partial charge in [-0.05, 0) is 38.0 Å². The van der Waals surface area contributed by atoms with Gasteiger partial charge in [-0.15, -0.1) is 11.3 Å². The van der Waals surface area contributed by atoms with Crippen LogP contribution < -0.4 is 5.56 Å². The van der Waals surface area contributed by atoms with Gasteiger partial charge in [0.05, 0.1) is 12.1 Å². The fourth-order valence-corrected chi connectivity index (χ4v) is 3.92. The summed E-state index contributed by atoms with van der Waals surface area (Å²) in [6.07, 6.45) is 6.03. The first-order chi connectivity index (χ1) is 10.6. The van der Waals surface area contributed by atoms with Crippen molar-refractivity contribution in [2.75, 3.05) is 0 Å². The van der Waals surface area contributed by atoms with Gasteiger partial charge in [0.15, 0.2) is 0 Å². The molecule has 4 nitrogen and oxygen atoms in total. The van der Waals surface area contributed by atoms with E-state index in [4.69, 9.17) is 0 Å². The fraction of sp³-hybridized carbons (Fsp3) is 0.412. The molecule has 2 heterocycles. The molecule has 1 aliphatic carbocycles. The lowest BCUT2D eigenvalue weighted by atomic mass is 10.1. The summed E-state index contributed by atoms with van der Waals surface area (Å²) in [5, 5.41) is 0. The minimum atomic E-state index is -0.183. The molecule has 1 aliphatic rings. The van der Waals surface area contributed by atoms with Crippen molar-refractivity contribution in [1.82, 2.24) is 9.88 Å². The molecule has 3 rings (SSSR count). The predicted octanol–water partition coefficient (Wildman–Crippen LogP) is 3.33. The van der Waals surface area contributed by atoms with Crippen molar-refractivity contribution in [3.8, 4) is 0 Å². The van der Waals surface area contributed by atoms with E-state index in [0.717, 1.165) is 12.8 Å². The second-order valence-electron chi connectivity index (χ2n) is 5.83. The number of aromatic amines is 1. The van der Waals surface area contributed by atoms with Gasteiger partial charge < -0.3 is 9.88 Å². The first kappa shape index (κ1) is 15.0. The van der Waals surface area contributed by atoms with Crippen LogP contribution in [0.5, 0.6) is 0 Å². The summed E-state index contributed by atoms with van der Waals surface area (Å²) in [6, 6.07) is 7.53. The number of carbonyl (C=O) groups excluding carboxylic acids is 1. The maximum absolute atomic E-state index is 12.9. The molecule has 0 spiro atoms. The maximum Gasteiger partial charge on any atom is 0.255 e. The average molecular weight is 316 g/mol. The fourth-order valence-electron chi connectivity index (χ4n) is 3.03. The van der Waals surface area contributed by atoms with Crippen molar-refractivity contribution < 1.29 is 4.79 Å². The van der Waals surface area contributed by atoms with Crippen LogP contribution in [0.25, 0.3) is 0 Å². The molecule has 1 amide bonds. The van der Waals surface area contributed by atoms with Crippen molar-refractivity contribution in [2.24, 2.45) is 0 Å². The highest BCUT2D eigenvalue weighted by atomic mass is 32.1. The van der Waals surface area contributed by atoms with Crippen molar-refractivity contribution in [3.05, 3.63) is 56.1 Å². The quantitative estimate of drug-likeness (QED) is 0.940. The highest BCUT2D eigenvalue weighted by Gasteiger charge is 2.28. The topological polar surface area (TPSA) is 53.2 Å². The van der Waals surface area contributed by atoms with Crippen LogP contribution in [0.4, 0.5) is 0 Å². The molecule has 1 fully saturated rings. The number of nitrogens with zero attached hydrogens (tertiary/aromatic N) is 1. The van der Waals surface area contributed by atoms with Crippen LogP contribution in [-0.2, 0) is 6.54 Å². The summed E-state index contributed by atoms with van der Waals surface area (Å²) >= 11 is 1.74. The minimum absolute atomic E-state index is 0.00852. The molecule has 5 heteroatoms. The molecule has 116 valence electrons. The zero-order valence-electron chi connectivity index (χ0n) is 12.7. The number of aryl methyl sites for hydroxylation is 1. The van der Waals surface area contributed by atoms with E-state index in [-0.39, 0.29) is 11.5 Å². The zero-order chi connectivity index (χ0) is 15.5. The maximum atomic E-state index is 12.9. The van der Waals surface area contributed by atoms with Crippen LogP contribution in [0.2, 0.25) is 0 Å². The lowest BCUT2D eigenvalue weighted by Gasteiger charge is -2.28. The summed E-state index contributed by atoms with van der Waals surface area (Å²) < 4.78 is 0. The molecule has 0 bridgehead atoms. The Morgan fingerprint density at radius 2 is 2.05 bits per heavy atom. The number of hydrogen-bond donors (Lipinski definition) is 1. The number of aromatic nitrogens is 1. The smallest absolute Gasteiger partial charge is 0.255 e. The van der Waals surface area contributed by atoms with Crippen LogP contribution in [0.3, 0.4) is 0 Å². The number of hydrogen-bond acceptors (Lipinski definition) is 3. The number of amides is 1. The highest BCUT2D eigenvalue weighted by Crippen LogP contribution is 2.28. The Hall–Kier alpha value is -1.88. The number of nitrogens with one attached hydrogen (secondary N) is 1. The average Bonchev–Trinajstić information content (AvgIpc) is 3.16. The Balaban J connectivity index is 1.85. The van der Waals surface area contributed by atoms with E-state index >= 15 is 0 Å². The van der Waals surface area contributed by atoms with E-state index in [2.05, 4.69) is 24.0 Å². The van der Waals surface area contributed by atoms with E-state index in [9.17, 15) is 9.59 Å². The Morgan fingerprint density at radius 1 is 1.27 bits per heavy atom. The summed E-state index contributed by atoms with van der Waals surface area (Å²) in [6.45, 7) is 2.74. The summed E-state index contributed by atoms with van der Waals surface area (Å²) in [4.78, 5) is 31.1. The third kappa shape index (κ3) is 3.30. The van der Waals surface area contributed by atoms with Gasteiger partial charge in [0.1, 0.15) is 0 Å². The SMILES string of the molecule is Cc1ccc(CN(C(=O)c2ccc(=O)[nH]c2)C2CCCC2)s1. The molecule has 2 aromatic heterocycles. The van der Waals surface area contributed by atoms with Gasteiger partial charge in [0.2, 0.25) is 5.56 Å². The lowest BCUT2D eigenvalue weighted by molar-refractivity contribution is 0.0666. The number of pyridine rings is 1. The zero-order valence-corrected chi connectivity index (χ0v) is 13.5. The van der Waals surface area contributed by atoms with Crippen molar-refractivity contribution in [3.63, 3.8) is 0 Å². The first-order valence-corrected chi connectivity index (χ1v) is 8.50. The normalized spacial score (nSPS) is 15.1. The van der Waals surface area contributed by atoms with Crippen molar-refractivity contribution >= 4 is 17.2 Å². The molecular formula is C17H20N2O2S. The summed E-state index contributed by atoms with van der Waals surface area (Å²) in [7, 11) is 0. The minimum Gasteiger partial charge on any atom is -0.330 e. The van der Waals surface area contributed by atoms with Gasteiger partial charge in [-0.1, -0.05) is 12.8 Å². The van der Waals surface area contributed by atoms with E-state index in [1.807, 2.05) is 4.90 Å². The summed E-state index contributed by atoms with van der Waals surface area (Å²) in [5.74, 6) is 0.00852. The molecule has 22 heavy (non-hydrogen) atoms. The first-order valence-electron chi connectivity index (χ1n) is 7.68. The van der Waals surface area contributed by atoms with Gasteiger partial charge in [-0.3, -0.25) is 9.59 Å². The molecule has 0 atom stereocenters. The van der Waals surface area contributed by atoms with Gasteiger partial charge in [0.25, 0.3) is 5.91 Å². The van der Waals surface area contributed by atoms with Gasteiger partial charge in [-0.2, -0.15) is 0 Å². The Kier molecular flexibility index (Phi) is 4.43. The molecule has 1 saturated carbocycles. The Bertz CT molecular complexity index is 693. The third-order valence-corrected chi connectivity index (χ3v) is 5.17. The molecule has 1 N–H and O–H groups in total. The molecule has 0 saturated heterocycles. The van der Waals surface area contributed by atoms with Gasteiger partial charge in [-0.25, -0.2) is 0 Å². The monoisotopic (exact) mass is 316 g/mol. The van der Waals surface area contributed by atoms with Crippen LogP contribution in [0.15, 0.2) is 35.3 Å². The van der Waals surface area contributed by atoms with Gasteiger partial charge >= 0.3 is 0 Å². The van der Waals surface area contributed by atoms with E-state index in [1.165, 1.54) is 34.9 Å². The molecule has 2 aromatic rings. The van der Waals surface area contributed by atoms with Crippen molar-refractivity contribution in [2.45, 2.75) is 45.2 Å². The Labute approximate surface area is 133 Å². The molecule has 0 unspecified atom stereocenters. The number of carbonyl (C=O) groups is 1. The van der Waals surface area contributed by atoms with E-state index < -0.39 is 0 Å². The third-order valence-electron chi connectivity index (χ3n) is 4.18. The largest absolute Gasteiger partial charge is 0.330 e. The number of thiophene rings is 1. The number of rotatable bonds is 4. The van der Waals surface area contributed by atoms with E-state index in [1.54, 1.807) is 17.4 Å². The Morgan fingerprint density at radius 3 is 2.64 bits per heavy atom. The van der Waals surface area contributed by atoms with E-state index in [0.29, 0.717) is 18.2 Å². The lowest BCUT2D eigenvalue weighted by Crippen LogP contribution is -2.38. The molecule has 0 radical (unpaired) electrons. The van der Waals surface area contributed by atoms with Crippen LogP contribution in [0.1, 0.15) is 45.8 Å². The summed E-state index contributed by atoms with van der Waals surface area (Å²) in [5.41, 5.74) is 0.373. The van der Waals surface area contributed by atoms with Crippen LogP contribution in [0, 0.1) is 6.92 Å². The molecule has 0 aromatic carbocycles. The second kappa shape index (κ2) is 6.48.